The second-order valence-corrected chi connectivity index (χ2v) is 5.61. The maximum Gasteiger partial charge on any atom is 0.0654 e. The Kier molecular flexibility index (Phi) is 2.18. The Morgan fingerprint density at radius 1 is 1.05 bits per heavy atom. The molecule has 0 saturated carbocycles. The minimum atomic E-state index is 1.06. The van der Waals surface area contributed by atoms with Crippen LogP contribution in [0.15, 0.2) is 42.5 Å². The molecule has 2 aromatic heterocycles. The number of hydrogen-bond donors (Lipinski definition) is 1. The molecule has 0 aliphatic heterocycles. The van der Waals surface area contributed by atoms with E-state index in [1.54, 1.807) is 0 Å². The van der Waals surface area contributed by atoms with Gasteiger partial charge >= 0.3 is 0 Å². The van der Waals surface area contributed by atoms with Crippen LogP contribution in [0.2, 0.25) is 0 Å². The van der Waals surface area contributed by atoms with E-state index in [0.29, 0.717) is 0 Å². The van der Waals surface area contributed by atoms with E-state index in [1.807, 2.05) is 18.3 Å². The molecule has 0 bridgehead atoms. The molecule has 0 amide bonds. The van der Waals surface area contributed by atoms with Crippen molar-refractivity contribution in [3.63, 3.8) is 0 Å². The number of fused-ring (bicyclic) bond motifs is 5. The van der Waals surface area contributed by atoms with Gasteiger partial charge in [0.25, 0.3) is 0 Å². The summed E-state index contributed by atoms with van der Waals surface area (Å²) in [5, 5.41) is 2.60. The molecule has 1 N–H and O–H groups in total. The van der Waals surface area contributed by atoms with Crippen LogP contribution in [0.25, 0.3) is 31.2 Å². The van der Waals surface area contributed by atoms with Crippen LogP contribution in [0.1, 0.15) is 12.5 Å². The number of hydrogen-bond acceptors (Lipinski definition) is 1. The first-order valence-electron chi connectivity index (χ1n) is 6.22. The van der Waals surface area contributed by atoms with Crippen LogP contribution in [-0.2, 0) is 0 Å². The van der Waals surface area contributed by atoms with Gasteiger partial charge in [-0.2, -0.15) is 0 Å². The van der Waals surface area contributed by atoms with Crippen molar-refractivity contribution in [1.29, 1.82) is 0 Å². The lowest BCUT2D eigenvalue weighted by Gasteiger charge is -1.92. The Hall–Kier alpha value is -2.24. The highest BCUT2D eigenvalue weighted by Crippen LogP contribution is 2.38. The quantitative estimate of drug-likeness (QED) is 0.433. The number of aromatic amines is 1. The predicted molar refractivity (Wildman–Crippen MR) is 83.7 cm³/mol. The summed E-state index contributed by atoms with van der Waals surface area (Å²) >= 11 is 1.85. The fourth-order valence-electron chi connectivity index (χ4n) is 2.56. The molecule has 0 aliphatic rings. The first-order valence-corrected chi connectivity index (χ1v) is 7.04. The lowest BCUT2D eigenvalue weighted by molar-refractivity contribution is 1.56. The molecule has 0 radical (unpaired) electrons. The van der Waals surface area contributed by atoms with Crippen LogP contribution in [-0.4, -0.2) is 4.98 Å². The average Bonchev–Trinajstić information content (AvgIpc) is 2.94. The monoisotopic (exact) mass is 261 g/mol. The van der Waals surface area contributed by atoms with Crippen molar-refractivity contribution in [1.82, 2.24) is 4.98 Å². The Bertz CT molecular complexity index is 976. The Morgan fingerprint density at radius 2 is 1.95 bits per heavy atom. The van der Waals surface area contributed by atoms with Crippen LogP contribution < -0.4 is 0 Å². The maximum absolute atomic E-state index is 3.54. The third kappa shape index (κ3) is 1.49. The number of thiophene rings is 1. The fraction of sp³-hybridized carbons (Fsp3) is 0.0588. The van der Waals surface area contributed by atoms with Crippen LogP contribution in [0, 0.1) is 11.8 Å². The third-order valence-corrected chi connectivity index (χ3v) is 4.59. The van der Waals surface area contributed by atoms with Gasteiger partial charge in [-0.3, -0.25) is 0 Å². The molecular formula is C17H11NS. The van der Waals surface area contributed by atoms with E-state index in [1.165, 1.54) is 31.2 Å². The molecule has 0 fully saturated rings. The molecule has 0 spiro atoms. The normalized spacial score (nSPS) is 11.0. The van der Waals surface area contributed by atoms with E-state index < -0.39 is 0 Å². The first kappa shape index (κ1) is 10.7. The zero-order valence-corrected chi connectivity index (χ0v) is 11.3. The molecule has 4 rings (SSSR count). The van der Waals surface area contributed by atoms with Crippen molar-refractivity contribution in [3.05, 3.63) is 48.0 Å². The topological polar surface area (TPSA) is 15.8 Å². The standard InChI is InChI=1S/C17H11NS/c1-2-5-11-8-9-12-14(10-11)18-16-13-6-3-4-7-15(13)19-17(12)16/h3-4,6-10,18H,1H3. The second-order valence-electron chi connectivity index (χ2n) is 4.56. The van der Waals surface area contributed by atoms with E-state index in [9.17, 15) is 0 Å². The molecule has 90 valence electrons. The Balaban J connectivity index is 2.14. The van der Waals surface area contributed by atoms with Crippen LogP contribution >= 0.6 is 11.3 Å². The van der Waals surface area contributed by atoms with E-state index in [2.05, 4.69) is 59.3 Å². The van der Waals surface area contributed by atoms with Gasteiger partial charge in [0.05, 0.1) is 10.2 Å². The minimum Gasteiger partial charge on any atom is -0.353 e. The minimum absolute atomic E-state index is 1.06. The van der Waals surface area contributed by atoms with E-state index in [0.717, 1.165) is 5.56 Å². The summed E-state index contributed by atoms with van der Waals surface area (Å²) in [6.45, 7) is 1.87. The van der Waals surface area contributed by atoms with Crippen LogP contribution in [0.5, 0.6) is 0 Å². The van der Waals surface area contributed by atoms with E-state index in [-0.39, 0.29) is 0 Å². The molecule has 4 aromatic rings. The molecule has 2 heteroatoms. The van der Waals surface area contributed by atoms with Crippen molar-refractivity contribution in [2.24, 2.45) is 0 Å². The summed E-state index contributed by atoms with van der Waals surface area (Å²) in [6.07, 6.45) is 0. The summed E-state index contributed by atoms with van der Waals surface area (Å²) in [7, 11) is 0. The molecule has 19 heavy (non-hydrogen) atoms. The van der Waals surface area contributed by atoms with Gasteiger partial charge < -0.3 is 4.98 Å². The molecule has 0 atom stereocenters. The highest BCUT2D eigenvalue weighted by atomic mass is 32.1. The van der Waals surface area contributed by atoms with Crippen LogP contribution in [0.3, 0.4) is 0 Å². The van der Waals surface area contributed by atoms with Gasteiger partial charge in [0.2, 0.25) is 0 Å². The van der Waals surface area contributed by atoms with Gasteiger partial charge in [0.1, 0.15) is 0 Å². The molecule has 0 saturated heterocycles. The number of benzene rings is 2. The highest BCUT2D eigenvalue weighted by molar-refractivity contribution is 7.26. The summed E-state index contributed by atoms with van der Waals surface area (Å²) < 4.78 is 2.68. The lowest BCUT2D eigenvalue weighted by Crippen LogP contribution is -1.74. The van der Waals surface area contributed by atoms with Crippen molar-refractivity contribution >= 4 is 42.5 Å². The SMILES string of the molecule is CC#Cc1ccc2c(c1)[nH]c1c3ccccc3sc21. The second kappa shape index (κ2) is 3.88. The lowest BCUT2D eigenvalue weighted by atomic mass is 10.1. The van der Waals surface area contributed by atoms with Gasteiger partial charge in [-0.25, -0.2) is 0 Å². The highest BCUT2D eigenvalue weighted by Gasteiger charge is 2.10. The average molecular weight is 261 g/mol. The molecule has 2 heterocycles. The molecule has 2 aromatic carbocycles. The van der Waals surface area contributed by atoms with Gasteiger partial charge in [-0.1, -0.05) is 30.2 Å². The van der Waals surface area contributed by atoms with Crippen molar-refractivity contribution in [2.45, 2.75) is 6.92 Å². The van der Waals surface area contributed by atoms with Gasteiger partial charge in [-0.15, -0.1) is 17.3 Å². The van der Waals surface area contributed by atoms with Crippen LogP contribution in [0.4, 0.5) is 0 Å². The summed E-state index contributed by atoms with van der Waals surface area (Å²) in [5.74, 6) is 6.05. The van der Waals surface area contributed by atoms with Crippen molar-refractivity contribution < 1.29 is 0 Å². The predicted octanol–water partition coefficient (Wildman–Crippen LogP) is 4.91. The first-order chi connectivity index (χ1) is 9.36. The Morgan fingerprint density at radius 3 is 2.84 bits per heavy atom. The number of aromatic nitrogens is 1. The summed E-state index contributed by atoms with van der Waals surface area (Å²) in [4.78, 5) is 3.54. The van der Waals surface area contributed by atoms with Crippen molar-refractivity contribution in [3.8, 4) is 11.8 Å². The summed E-state index contributed by atoms with van der Waals surface area (Å²) in [5.41, 5.74) is 3.48. The zero-order valence-electron chi connectivity index (χ0n) is 10.4. The van der Waals surface area contributed by atoms with Gasteiger partial charge in [0.15, 0.2) is 0 Å². The Labute approximate surface area is 114 Å². The summed E-state index contributed by atoms with van der Waals surface area (Å²) in [6, 6.07) is 14.9. The van der Waals surface area contributed by atoms with Gasteiger partial charge in [0, 0.05) is 26.6 Å². The molecule has 0 aliphatic carbocycles. The van der Waals surface area contributed by atoms with E-state index >= 15 is 0 Å². The smallest absolute Gasteiger partial charge is 0.0654 e. The van der Waals surface area contributed by atoms with E-state index in [4.69, 9.17) is 0 Å². The largest absolute Gasteiger partial charge is 0.353 e. The number of H-pyrrole nitrogens is 1. The van der Waals surface area contributed by atoms with Crippen molar-refractivity contribution in [2.75, 3.05) is 0 Å². The maximum atomic E-state index is 3.54. The third-order valence-electron chi connectivity index (χ3n) is 3.39. The number of rotatable bonds is 0. The fourth-order valence-corrected chi connectivity index (χ4v) is 3.76. The molecule has 1 nitrogen and oxygen atoms in total. The zero-order chi connectivity index (χ0) is 12.8. The molecule has 0 unspecified atom stereocenters. The number of nitrogens with one attached hydrogen (secondary N) is 1. The molecular weight excluding hydrogens is 250 g/mol. The van der Waals surface area contributed by atoms with Gasteiger partial charge in [-0.05, 0) is 25.1 Å².